The van der Waals surface area contributed by atoms with Gasteiger partial charge in [-0.1, -0.05) is 59.6 Å². The lowest BCUT2D eigenvalue weighted by molar-refractivity contribution is 0.0754. The van der Waals surface area contributed by atoms with Crippen LogP contribution in [0, 0.1) is 0 Å². The Labute approximate surface area is 139 Å². The van der Waals surface area contributed by atoms with Crippen molar-refractivity contribution in [2.24, 2.45) is 0 Å². The average molecular weight is 343 g/mol. The Hall–Kier alpha value is -1.22. The standard InChI is InChI=1S/C16H14Cl3NO/c17-9-10-20(11-12-5-2-1-3-6-12)16(21)13-7-4-8-14(18)15(13)19/h1-8H,9-11H2. The Balaban J connectivity index is 2.25. The first-order chi connectivity index (χ1) is 10.1. The van der Waals surface area contributed by atoms with Crippen molar-refractivity contribution in [1.82, 2.24) is 4.90 Å². The van der Waals surface area contributed by atoms with E-state index in [0.717, 1.165) is 5.56 Å². The Morgan fingerprint density at radius 3 is 2.38 bits per heavy atom. The molecule has 0 aromatic heterocycles. The molecule has 0 aliphatic rings. The molecule has 2 aromatic rings. The Kier molecular flexibility index (Phi) is 5.92. The van der Waals surface area contributed by atoms with E-state index in [1.54, 1.807) is 23.1 Å². The zero-order chi connectivity index (χ0) is 15.2. The number of amides is 1. The number of carbonyl (C=O) groups is 1. The van der Waals surface area contributed by atoms with Crippen molar-refractivity contribution in [3.05, 3.63) is 69.7 Å². The second-order valence-electron chi connectivity index (χ2n) is 4.50. The van der Waals surface area contributed by atoms with Crippen molar-refractivity contribution in [1.29, 1.82) is 0 Å². The molecule has 110 valence electrons. The minimum absolute atomic E-state index is 0.174. The van der Waals surface area contributed by atoms with Gasteiger partial charge in [0.15, 0.2) is 0 Å². The molecule has 0 heterocycles. The van der Waals surface area contributed by atoms with E-state index in [1.165, 1.54) is 0 Å². The van der Waals surface area contributed by atoms with E-state index in [0.29, 0.717) is 29.6 Å². The van der Waals surface area contributed by atoms with Gasteiger partial charge in [0.25, 0.3) is 5.91 Å². The molecule has 0 spiro atoms. The summed E-state index contributed by atoms with van der Waals surface area (Å²) in [7, 11) is 0. The maximum atomic E-state index is 12.6. The lowest BCUT2D eigenvalue weighted by Gasteiger charge is -2.22. The maximum Gasteiger partial charge on any atom is 0.255 e. The van der Waals surface area contributed by atoms with Crippen LogP contribution in [0.2, 0.25) is 10.0 Å². The zero-order valence-electron chi connectivity index (χ0n) is 11.2. The first-order valence-corrected chi connectivity index (χ1v) is 7.75. The molecule has 0 saturated heterocycles. The Bertz CT molecular complexity index is 616. The molecule has 0 fully saturated rings. The van der Waals surface area contributed by atoms with Crippen LogP contribution in [0.1, 0.15) is 15.9 Å². The molecule has 1 amide bonds. The topological polar surface area (TPSA) is 20.3 Å². The van der Waals surface area contributed by atoms with Crippen molar-refractivity contribution >= 4 is 40.7 Å². The van der Waals surface area contributed by atoms with Crippen molar-refractivity contribution in [3.8, 4) is 0 Å². The highest BCUT2D eigenvalue weighted by molar-refractivity contribution is 6.43. The zero-order valence-corrected chi connectivity index (χ0v) is 13.5. The summed E-state index contributed by atoms with van der Waals surface area (Å²) in [6, 6.07) is 14.8. The van der Waals surface area contributed by atoms with E-state index in [9.17, 15) is 4.79 Å². The summed E-state index contributed by atoms with van der Waals surface area (Å²) in [5.41, 5.74) is 1.43. The molecule has 0 saturated carbocycles. The van der Waals surface area contributed by atoms with Gasteiger partial charge >= 0.3 is 0 Å². The van der Waals surface area contributed by atoms with Crippen LogP contribution in [-0.4, -0.2) is 23.2 Å². The number of carbonyl (C=O) groups excluding carboxylic acids is 1. The summed E-state index contributed by atoms with van der Waals surface area (Å²) in [6.45, 7) is 0.924. The van der Waals surface area contributed by atoms with Gasteiger partial charge in [-0.3, -0.25) is 4.79 Å². The van der Waals surface area contributed by atoms with E-state index in [1.807, 2.05) is 30.3 Å². The molecule has 0 aliphatic heterocycles. The summed E-state index contributed by atoms with van der Waals surface area (Å²) < 4.78 is 0. The van der Waals surface area contributed by atoms with Crippen molar-refractivity contribution in [2.75, 3.05) is 12.4 Å². The van der Waals surface area contributed by atoms with E-state index in [-0.39, 0.29) is 10.9 Å². The van der Waals surface area contributed by atoms with Gasteiger partial charge in [-0.15, -0.1) is 11.6 Å². The second kappa shape index (κ2) is 7.69. The van der Waals surface area contributed by atoms with Gasteiger partial charge in [0.2, 0.25) is 0 Å². The summed E-state index contributed by atoms with van der Waals surface area (Å²) >= 11 is 17.9. The van der Waals surface area contributed by atoms with Crippen molar-refractivity contribution < 1.29 is 4.79 Å². The molecular weight excluding hydrogens is 329 g/mol. The first kappa shape index (κ1) is 16.2. The highest BCUT2D eigenvalue weighted by Crippen LogP contribution is 2.27. The van der Waals surface area contributed by atoms with Crippen LogP contribution in [0.5, 0.6) is 0 Å². The van der Waals surface area contributed by atoms with Crippen molar-refractivity contribution in [3.63, 3.8) is 0 Å². The second-order valence-corrected chi connectivity index (χ2v) is 5.67. The number of halogens is 3. The van der Waals surface area contributed by atoms with Crippen LogP contribution in [0.4, 0.5) is 0 Å². The number of rotatable bonds is 5. The van der Waals surface area contributed by atoms with E-state index in [2.05, 4.69) is 0 Å². The van der Waals surface area contributed by atoms with E-state index in [4.69, 9.17) is 34.8 Å². The van der Waals surface area contributed by atoms with Crippen LogP contribution in [-0.2, 0) is 6.54 Å². The molecule has 0 radical (unpaired) electrons. The molecule has 0 unspecified atom stereocenters. The molecule has 0 atom stereocenters. The summed E-state index contributed by atoms with van der Waals surface area (Å²) in [5, 5.41) is 0.643. The predicted molar refractivity (Wildman–Crippen MR) is 88.4 cm³/mol. The fraction of sp³-hybridized carbons (Fsp3) is 0.188. The predicted octanol–water partition coefficient (Wildman–Crippen LogP) is 4.87. The first-order valence-electron chi connectivity index (χ1n) is 6.46. The van der Waals surface area contributed by atoms with Crippen LogP contribution in [0.3, 0.4) is 0 Å². The Morgan fingerprint density at radius 1 is 1.00 bits per heavy atom. The number of nitrogens with zero attached hydrogens (tertiary/aromatic N) is 1. The quantitative estimate of drug-likeness (QED) is 0.710. The SMILES string of the molecule is O=C(c1cccc(Cl)c1Cl)N(CCCl)Cc1ccccc1. The minimum atomic E-state index is -0.174. The van der Waals surface area contributed by atoms with Gasteiger partial charge in [0.1, 0.15) is 0 Å². The third-order valence-corrected chi connectivity index (χ3v) is 4.03. The number of alkyl halides is 1. The minimum Gasteiger partial charge on any atom is -0.333 e. The molecule has 0 bridgehead atoms. The molecule has 21 heavy (non-hydrogen) atoms. The smallest absolute Gasteiger partial charge is 0.255 e. The fourth-order valence-corrected chi connectivity index (χ4v) is 2.58. The third-order valence-electron chi connectivity index (χ3n) is 3.04. The van der Waals surface area contributed by atoms with E-state index < -0.39 is 0 Å². The molecule has 0 aliphatic carbocycles. The third kappa shape index (κ3) is 4.13. The highest BCUT2D eigenvalue weighted by Gasteiger charge is 2.19. The monoisotopic (exact) mass is 341 g/mol. The van der Waals surface area contributed by atoms with Gasteiger partial charge in [0, 0.05) is 19.0 Å². The summed E-state index contributed by atoms with van der Waals surface area (Å²) in [6.07, 6.45) is 0. The molecule has 5 heteroatoms. The van der Waals surface area contributed by atoms with E-state index >= 15 is 0 Å². The van der Waals surface area contributed by atoms with Crippen molar-refractivity contribution in [2.45, 2.75) is 6.54 Å². The van der Waals surface area contributed by atoms with Crippen LogP contribution in [0.15, 0.2) is 48.5 Å². The highest BCUT2D eigenvalue weighted by atomic mass is 35.5. The number of hydrogen-bond acceptors (Lipinski definition) is 1. The molecule has 2 rings (SSSR count). The summed E-state index contributed by atoms with van der Waals surface area (Å²) in [5.74, 6) is 0.184. The number of hydrogen-bond donors (Lipinski definition) is 0. The van der Waals surface area contributed by atoms with Gasteiger partial charge in [0.05, 0.1) is 15.6 Å². The average Bonchev–Trinajstić information content (AvgIpc) is 2.50. The lowest BCUT2D eigenvalue weighted by Crippen LogP contribution is -2.32. The van der Waals surface area contributed by atoms with Gasteiger partial charge in [-0.05, 0) is 17.7 Å². The maximum absolute atomic E-state index is 12.6. The van der Waals surface area contributed by atoms with Gasteiger partial charge in [-0.2, -0.15) is 0 Å². The van der Waals surface area contributed by atoms with Crippen LogP contribution < -0.4 is 0 Å². The van der Waals surface area contributed by atoms with Crippen LogP contribution in [0.25, 0.3) is 0 Å². The molecule has 2 nitrogen and oxygen atoms in total. The molecule has 0 N–H and O–H groups in total. The van der Waals surface area contributed by atoms with Gasteiger partial charge < -0.3 is 4.90 Å². The van der Waals surface area contributed by atoms with Crippen LogP contribution >= 0.6 is 34.8 Å². The lowest BCUT2D eigenvalue weighted by atomic mass is 10.1. The normalized spacial score (nSPS) is 10.4. The largest absolute Gasteiger partial charge is 0.333 e. The molecule has 2 aromatic carbocycles. The number of benzene rings is 2. The van der Waals surface area contributed by atoms with Gasteiger partial charge in [-0.25, -0.2) is 0 Å². The molecular formula is C16H14Cl3NO. The Morgan fingerprint density at radius 2 is 1.71 bits per heavy atom. The summed E-state index contributed by atoms with van der Waals surface area (Å²) in [4.78, 5) is 14.3. The fourth-order valence-electron chi connectivity index (χ4n) is 2.00.